The number of furan rings is 1. The summed E-state index contributed by atoms with van der Waals surface area (Å²) in [7, 11) is 0. The van der Waals surface area contributed by atoms with E-state index in [2.05, 4.69) is 33.4 Å². The molecule has 0 aliphatic carbocycles. The molecule has 0 bridgehead atoms. The van der Waals surface area contributed by atoms with Gasteiger partial charge in [0.15, 0.2) is 10.4 Å². The third-order valence-corrected chi connectivity index (χ3v) is 3.00. The van der Waals surface area contributed by atoms with Gasteiger partial charge in [-0.25, -0.2) is 0 Å². The summed E-state index contributed by atoms with van der Waals surface area (Å²) in [6, 6.07) is 9.55. The summed E-state index contributed by atoms with van der Waals surface area (Å²) in [6.45, 7) is 3.94. The van der Waals surface area contributed by atoms with Crippen LogP contribution in [0.1, 0.15) is 20.9 Å². The topological polar surface area (TPSA) is 80.6 Å². The van der Waals surface area contributed by atoms with Crippen LogP contribution >= 0.6 is 15.9 Å². The largest absolute Gasteiger partial charge is 0.490 e. The van der Waals surface area contributed by atoms with Crippen molar-refractivity contribution in [3.8, 4) is 5.75 Å². The molecule has 2 amide bonds. The van der Waals surface area contributed by atoms with E-state index in [-0.39, 0.29) is 5.76 Å². The molecule has 1 heterocycles. The summed E-state index contributed by atoms with van der Waals surface area (Å²) < 4.78 is 10.8. The maximum Gasteiger partial charge on any atom is 0.305 e. The maximum atomic E-state index is 11.9. The fourth-order valence-electron chi connectivity index (χ4n) is 1.54. The zero-order chi connectivity index (χ0) is 15.9. The number of ether oxygens (including phenoxy) is 1. The molecule has 2 rings (SSSR count). The van der Waals surface area contributed by atoms with Gasteiger partial charge >= 0.3 is 5.91 Å². The van der Waals surface area contributed by atoms with Crippen LogP contribution in [0.5, 0.6) is 5.75 Å². The molecule has 0 radical (unpaired) electrons. The minimum absolute atomic E-state index is 0.0837. The van der Waals surface area contributed by atoms with Gasteiger partial charge in [0.2, 0.25) is 0 Å². The Bertz CT molecular complexity index is 679. The SMILES string of the molecule is C=CCOc1ccc(C(=O)NNC(=O)c2ccc(Br)o2)cc1. The van der Waals surface area contributed by atoms with Crippen molar-refractivity contribution in [3.63, 3.8) is 0 Å². The molecule has 2 N–H and O–H groups in total. The Morgan fingerprint density at radius 1 is 1.14 bits per heavy atom. The van der Waals surface area contributed by atoms with Crippen LogP contribution in [-0.4, -0.2) is 18.4 Å². The highest BCUT2D eigenvalue weighted by molar-refractivity contribution is 9.10. The Labute approximate surface area is 135 Å². The molecule has 6 nitrogen and oxygen atoms in total. The molecular formula is C15H13BrN2O4. The van der Waals surface area contributed by atoms with Crippen LogP contribution in [0.3, 0.4) is 0 Å². The van der Waals surface area contributed by atoms with Crippen LogP contribution in [0, 0.1) is 0 Å². The van der Waals surface area contributed by atoms with Gasteiger partial charge in [-0.2, -0.15) is 0 Å². The summed E-state index contributed by atoms with van der Waals surface area (Å²) in [5, 5.41) is 0. The van der Waals surface area contributed by atoms with Gasteiger partial charge in [-0.05, 0) is 52.3 Å². The molecule has 0 aliphatic rings. The Morgan fingerprint density at radius 2 is 1.82 bits per heavy atom. The number of halogens is 1. The number of benzene rings is 1. The predicted octanol–water partition coefficient (Wildman–Crippen LogP) is 2.68. The molecule has 7 heteroatoms. The van der Waals surface area contributed by atoms with Crippen LogP contribution < -0.4 is 15.6 Å². The van der Waals surface area contributed by atoms with E-state index in [0.29, 0.717) is 22.6 Å². The van der Waals surface area contributed by atoms with Crippen molar-refractivity contribution in [2.24, 2.45) is 0 Å². The molecular weight excluding hydrogens is 352 g/mol. The molecule has 0 saturated heterocycles. The highest BCUT2D eigenvalue weighted by Crippen LogP contribution is 2.14. The summed E-state index contributed by atoms with van der Waals surface area (Å²) in [5.74, 6) is -0.291. The third-order valence-electron chi connectivity index (χ3n) is 2.57. The summed E-state index contributed by atoms with van der Waals surface area (Å²) in [5.41, 5.74) is 4.94. The van der Waals surface area contributed by atoms with Crippen molar-refractivity contribution in [3.05, 3.63) is 65.0 Å². The van der Waals surface area contributed by atoms with Crippen molar-refractivity contribution in [2.45, 2.75) is 0 Å². The van der Waals surface area contributed by atoms with Crippen LogP contribution in [0.15, 0.2) is 58.1 Å². The van der Waals surface area contributed by atoms with Crippen LogP contribution in [0.2, 0.25) is 0 Å². The molecule has 0 unspecified atom stereocenters. The fourth-order valence-corrected chi connectivity index (χ4v) is 1.85. The fraction of sp³-hybridized carbons (Fsp3) is 0.0667. The van der Waals surface area contributed by atoms with Gasteiger partial charge in [-0.3, -0.25) is 20.4 Å². The van der Waals surface area contributed by atoms with E-state index >= 15 is 0 Å². The first-order valence-electron chi connectivity index (χ1n) is 6.30. The normalized spacial score (nSPS) is 9.86. The molecule has 22 heavy (non-hydrogen) atoms. The van der Waals surface area contributed by atoms with Crippen LogP contribution in [0.4, 0.5) is 0 Å². The van der Waals surface area contributed by atoms with Crippen molar-refractivity contribution in [1.82, 2.24) is 10.9 Å². The molecule has 0 aliphatic heterocycles. The molecule has 0 atom stereocenters. The first kappa shape index (κ1) is 15.8. The number of hydrogen-bond donors (Lipinski definition) is 2. The molecule has 2 aromatic rings. The quantitative estimate of drug-likeness (QED) is 0.631. The molecule has 0 spiro atoms. The summed E-state index contributed by atoms with van der Waals surface area (Å²) in [4.78, 5) is 23.6. The van der Waals surface area contributed by atoms with E-state index in [1.807, 2.05) is 0 Å². The minimum Gasteiger partial charge on any atom is -0.490 e. The summed E-state index contributed by atoms with van der Waals surface area (Å²) in [6.07, 6.45) is 1.63. The van der Waals surface area contributed by atoms with Gasteiger partial charge in [-0.1, -0.05) is 12.7 Å². The van der Waals surface area contributed by atoms with E-state index in [0.717, 1.165) is 0 Å². The highest BCUT2D eigenvalue weighted by atomic mass is 79.9. The molecule has 1 aromatic carbocycles. The Hall–Kier alpha value is -2.54. The predicted molar refractivity (Wildman–Crippen MR) is 83.5 cm³/mol. The number of carbonyl (C=O) groups is 2. The number of rotatable bonds is 5. The van der Waals surface area contributed by atoms with E-state index in [1.54, 1.807) is 36.4 Å². The van der Waals surface area contributed by atoms with Crippen LogP contribution in [0.25, 0.3) is 0 Å². The highest BCUT2D eigenvalue weighted by Gasteiger charge is 2.12. The van der Waals surface area contributed by atoms with Crippen molar-refractivity contribution in [1.29, 1.82) is 0 Å². The van der Waals surface area contributed by atoms with Crippen molar-refractivity contribution in [2.75, 3.05) is 6.61 Å². The zero-order valence-electron chi connectivity index (χ0n) is 11.5. The lowest BCUT2D eigenvalue weighted by Crippen LogP contribution is -2.41. The summed E-state index contributed by atoms with van der Waals surface area (Å²) >= 11 is 3.09. The van der Waals surface area contributed by atoms with Crippen LogP contribution in [-0.2, 0) is 0 Å². The Kier molecular flexibility index (Phi) is 5.37. The smallest absolute Gasteiger partial charge is 0.305 e. The van der Waals surface area contributed by atoms with Gasteiger partial charge in [0.1, 0.15) is 12.4 Å². The van der Waals surface area contributed by atoms with Gasteiger partial charge in [0.25, 0.3) is 5.91 Å². The average molecular weight is 365 g/mol. The number of hydrogen-bond acceptors (Lipinski definition) is 4. The number of amides is 2. The number of nitrogens with one attached hydrogen (secondary N) is 2. The average Bonchev–Trinajstić information content (AvgIpc) is 2.97. The molecule has 0 saturated carbocycles. The number of hydrazine groups is 1. The zero-order valence-corrected chi connectivity index (χ0v) is 13.1. The van der Waals surface area contributed by atoms with E-state index in [1.165, 1.54) is 6.07 Å². The standard InChI is InChI=1S/C15H13BrN2O4/c1-2-9-21-11-5-3-10(4-6-11)14(19)17-18-15(20)12-7-8-13(16)22-12/h2-8H,1,9H2,(H,17,19)(H,18,20). The maximum absolute atomic E-state index is 11.9. The first-order valence-corrected chi connectivity index (χ1v) is 7.09. The van der Waals surface area contributed by atoms with E-state index < -0.39 is 11.8 Å². The van der Waals surface area contributed by atoms with E-state index in [9.17, 15) is 9.59 Å². The van der Waals surface area contributed by atoms with Gasteiger partial charge in [0, 0.05) is 5.56 Å². The second kappa shape index (κ2) is 7.46. The Morgan fingerprint density at radius 3 is 2.41 bits per heavy atom. The monoisotopic (exact) mass is 364 g/mol. The van der Waals surface area contributed by atoms with Gasteiger partial charge in [-0.15, -0.1) is 0 Å². The van der Waals surface area contributed by atoms with Gasteiger partial charge in [0.05, 0.1) is 0 Å². The molecule has 114 valence electrons. The molecule has 1 aromatic heterocycles. The minimum atomic E-state index is -0.551. The van der Waals surface area contributed by atoms with E-state index in [4.69, 9.17) is 9.15 Å². The lowest BCUT2D eigenvalue weighted by molar-refractivity contribution is 0.0830. The second-order valence-corrected chi connectivity index (χ2v) is 4.92. The van der Waals surface area contributed by atoms with Crippen molar-refractivity contribution >= 4 is 27.7 Å². The second-order valence-electron chi connectivity index (χ2n) is 4.14. The third kappa shape index (κ3) is 4.23. The first-order chi connectivity index (χ1) is 10.6. The van der Waals surface area contributed by atoms with Gasteiger partial charge < -0.3 is 9.15 Å². The lowest BCUT2D eigenvalue weighted by Gasteiger charge is -2.07. The Balaban J connectivity index is 1.89. The lowest BCUT2D eigenvalue weighted by atomic mass is 10.2. The van der Waals surface area contributed by atoms with Crippen molar-refractivity contribution < 1.29 is 18.7 Å². The molecule has 0 fully saturated rings. The number of carbonyl (C=O) groups excluding carboxylic acids is 2.